The monoisotopic (exact) mass is 248 g/mol. The summed E-state index contributed by atoms with van der Waals surface area (Å²) in [6, 6.07) is 10.3. The van der Waals surface area contributed by atoms with E-state index in [9.17, 15) is 0 Å². The normalized spacial score (nSPS) is 32.4. The molecule has 1 fully saturated rings. The van der Waals surface area contributed by atoms with Crippen LogP contribution in [0.15, 0.2) is 30.3 Å². The fourth-order valence-electron chi connectivity index (χ4n) is 2.64. The van der Waals surface area contributed by atoms with E-state index in [1.807, 2.05) is 25.1 Å². The summed E-state index contributed by atoms with van der Waals surface area (Å²) in [6.45, 7) is 7.26. The van der Waals surface area contributed by atoms with Gasteiger partial charge >= 0.3 is 0 Å². The van der Waals surface area contributed by atoms with E-state index in [0.29, 0.717) is 12.0 Å². The predicted octanol–water partition coefficient (Wildman–Crippen LogP) is 4.10. The average molecular weight is 248 g/mol. The Bertz CT molecular complexity index is 363. The van der Waals surface area contributed by atoms with Crippen LogP contribution >= 0.6 is 0 Å². The molecule has 100 valence electrons. The first-order chi connectivity index (χ1) is 8.69. The lowest BCUT2D eigenvalue weighted by molar-refractivity contribution is -0.312. The second-order valence-electron chi connectivity index (χ2n) is 5.24. The van der Waals surface area contributed by atoms with Crippen molar-refractivity contribution >= 4 is 0 Å². The highest BCUT2D eigenvalue weighted by atomic mass is 16.7. The Morgan fingerprint density at radius 3 is 2.56 bits per heavy atom. The number of hydrogen-bond donors (Lipinski definition) is 0. The molecule has 18 heavy (non-hydrogen) atoms. The molecule has 2 rings (SSSR count). The molecule has 0 radical (unpaired) electrons. The third-order valence-corrected chi connectivity index (χ3v) is 3.87. The Kier molecular flexibility index (Phi) is 4.41. The van der Waals surface area contributed by atoms with E-state index in [1.165, 1.54) is 0 Å². The van der Waals surface area contributed by atoms with Crippen LogP contribution in [-0.4, -0.2) is 12.7 Å². The van der Waals surface area contributed by atoms with Crippen molar-refractivity contribution in [2.45, 2.75) is 51.9 Å². The SMILES string of the molecule is CCCC1OC(C)(c2ccccc2)OCC1CC. The minimum Gasteiger partial charge on any atom is -0.346 e. The quantitative estimate of drug-likeness (QED) is 0.798. The van der Waals surface area contributed by atoms with Crippen molar-refractivity contribution in [2.24, 2.45) is 5.92 Å². The van der Waals surface area contributed by atoms with Gasteiger partial charge in [0.15, 0.2) is 5.79 Å². The topological polar surface area (TPSA) is 18.5 Å². The molecule has 1 aromatic rings. The zero-order chi connectivity index (χ0) is 13.0. The van der Waals surface area contributed by atoms with Crippen molar-refractivity contribution in [3.63, 3.8) is 0 Å². The van der Waals surface area contributed by atoms with E-state index in [-0.39, 0.29) is 0 Å². The third-order valence-electron chi connectivity index (χ3n) is 3.87. The summed E-state index contributed by atoms with van der Waals surface area (Å²) in [4.78, 5) is 0. The van der Waals surface area contributed by atoms with Gasteiger partial charge in [-0.2, -0.15) is 0 Å². The minimum absolute atomic E-state index is 0.318. The second kappa shape index (κ2) is 5.85. The fourth-order valence-corrected chi connectivity index (χ4v) is 2.64. The van der Waals surface area contributed by atoms with Gasteiger partial charge in [0.05, 0.1) is 12.7 Å². The van der Waals surface area contributed by atoms with Crippen LogP contribution in [-0.2, 0) is 15.3 Å². The molecule has 0 N–H and O–H groups in total. The number of rotatable bonds is 4. The van der Waals surface area contributed by atoms with Crippen LogP contribution in [0, 0.1) is 5.92 Å². The molecule has 0 aromatic heterocycles. The van der Waals surface area contributed by atoms with Crippen molar-refractivity contribution in [3.05, 3.63) is 35.9 Å². The zero-order valence-electron chi connectivity index (χ0n) is 11.7. The zero-order valence-corrected chi connectivity index (χ0v) is 11.7. The van der Waals surface area contributed by atoms with Gasteiger partial charge in [-0.25, -0.2) is 0 Å². The maximum absolute atomic E-state index is 6.28. The summed E-state index contributed by atoms with van der Waals surface area (Å²) in [6.07, 6.45) is 3.71. The summed E-state index contributed by atoms with van der Waals surface area (Å²) >= 11 is 0. The maximum atomic E-state index is 6.28. The van der Waals surface area contributed by atoms with Crippen LogP contribution in [0.3, 0.4) is 0 Å². The van der Waals surface area contributed by atoms with Crippen LogP contribution in [0.5, 0.6) is 0 Å². The molecule has 0 saturated carbocycles. The molecule has 3 atom stereocenters. The van der Waals surface area contributed by atoms with Crippen LogP contribution in [0.4, 0.5) is 0 Å². The Morgan fingerprint density at radius 2 is 1.94 bits per heavy atom. The first-order valence-corrected chi connectivity index (χ1v) is 7.07. The van der Waals surface area contributed by atoms with Gasteiger partial charge in [0.1, 0.15) is 0 Å². The molecular weight excluding hydrogens is 224 g/mol. The van der Waals surface area contributed by atoms with E-state index in [0.717, 1.165) is 31.4 Å². The first-order valence-electron chi connectivity index (χ1n) is 7.07. The van der Waals surface area contributed by atoms with E-state index < -0.39 is 5.79 Å². The molecule has 1 aliphatic heterocycles. The molecule has 3 unspecified atom stereocenters. The van der Waals surface area contributed by atoms with Crippen LogP contribution in [0.1, 0.15) is 45.6 Å². The van der Waals surface area contributed by atoms with Gasteiger partial charge in [-0.1, -0.05) is 50.6 Å². The lowest BCUT2D eigenvalue weighted by Crippen LogP contribution is -2.45. The number of benzene rings is 1. The summed E-state index contributed by atoms with van der Waals surface area (Å²) < 4.78 is 12.3. The van der Waals surface area contributed by atoms with Crippen LogP contribution in [0.2, 0.25) is 0 Å². The molecule has 2 heteroatoms. The highest BCUT2D eigenvalue weighted by molar-refractivity contribution is 5.20. The Hall–Kier alpha value is -0.860. The largest absolute Gasteiger partial charge is 0.346 e. The van der Waals surface area contributed by atoms with Crippen molar-refractivity contribution < 1.29 is 9.47 Å². The number of hydrogen-bond acceptors (Lipinski definition) is 2. The highest BCUT2D eigenvalue weighted by Gasteiger charge is 2.39. The van der Waals surface area contributed by atoms with Crippen LogP contribution in [0.25, 0.3) is 0 Å². The van der Waals surface area contributed by atoms with Crippen molar-refractivity contribution in [3.8, 4) is 0 Å². The molecule has 1 saturated heterocycles. The standard InChI is InChI=1S/C16H24O2/c1-4-9-15-13(5-2)12-17-16(3,18-15)14-10-7-6-8-11-14/h6-8,10-11,13,15H,4-5,9,12H2,1-3H3. The molecule has 2 nitrogen and oxygen atoms in total. The fraction of sp³-hybridized carbons (Fsp3) is 0.625. The second-order valence-corrected chi connectivity index (χ2v) is 5.24. The molecule has 0 bridgehead atoms. The van der Waals surface area contributed by atoms with Crippen molar-refractivity contribution in [1.82, 2.24) is 0 Å². The lowest BCUT2D eigenvalue weighted by atomic mass is 9.93. The van der Waals surface area contributed by atoms with Gasteiger partial charge < -0.3 is 9.47 Å². The predicted molar refractivity (Wildman–Crippen MR) is 73.3 cm³/mol. The first kappa shape index (κ1) is 13.6. The molecule has 0 amide bonds. The van der Waals surface area contributed by atoms with Gasteiger partial charge in [-0.05, 0) is 19.8 Å². The average Bonchev–Trinajstić information content (AvgIpc) is 2.41. The van der Waals surface area contributed by atoms with Gasteiger partial charge in [-0.15, -0.1) is 0 Å². The summed E-state index contributed by atoms with van der Waals surface area (Å²) in [5, 5.41) is 0. The molecular formula is C16H24O2. The lowest BCUT2D eigenvalue weighted by Gasteiger charge is -2.43. The van der Waals surface area contributed by atoms with E-state index in [4.69, 9.17) is 9.47 Å². The van der Waals surface area contributed by atoms with E-state index in [2.05, 4.69) is 26.0 Å². The maximum Gasteiger partial charge on any atom is 0.192 e. The van der Waals surface area contributed by atoms with Crippen molar-refractivity contribution in [2.75, 3.05) is 6.61 Å². The smallest absolute Gasteiger partial charge is 0.192 e. The summed E-state index contributed by atoms with van der Waals surface area (Å²) in [5.41, 5.74) is 1.11. The van der Waals surface area contributed by atoms with Gasteiger partial charge in [0, 0.05) is 11.5 Å². The third kappa shape index (κ3) is 2.76. The van der Waals surface area contributed by atoms with Gasteiger partial charge in [0.25, 0.3) is 0 Å². The van der Waals surface area contributed by atoms with Gasteiger partial charge in [0.2, 0.25) is 0 Å². The molecule has 0 aliphatic carbocycles. The molecule has 0 spiro atoms. The Labute approximate surface area is 110 Å². The molecule has 1 heterocycles. The molecule has 1 aromatic carbocycles. The highest BCUT2D eigenvalue weighted by Crippen LogP contribution is 2.37. The number of ether oxygens (including phenoxy) is 2. The Balaban J connectivity index is 2.16. The van der Waals surface area contributed by atoms with E-state index >= 15 is 0 Å². The van der Waals surface area contributed by atoms with E-state index in [1.54, 1.807) is 0 Å². The Morgan fingerprint density at radius 1 is 1.22 bits per heavy atom. The minimum atomic E-state index is -0.577. The van der Waals surface area contributed by atoms with Gasteiger partial charge in [-0.3, -0.25) is 0 Å². The van der Waals surface area contributed by atoms with Crippen LogP contribution < -0.4 is 0 Å². The summed E-state index contributed by atoms with van der Waals surface area (Å²) in [7, 11) is 0. The summed E-state index contributed by atoms with van der Waals surface area (Å²) in [5.74, 6) is -0.0472. The molecule has 1 aliphatic rings. The van der Waals surface area contributed by atoms with Crippen molar-refractivity contribution in [1.29, 1.82) is 0 Å².